The maximum atomic E-state index is 11.7. The van der Waals surface area contributed by atoms with Crippen molar-refractivity contribution in [3.05, 3.63) is 78.4 Å². The van der Waals surface area contributed by atoms with Crippen molar-refractivity contribution in [2.24, 2.45) is 0 Å². The topological polar surface area (TPSA) is 88.1 Å². The van der Waals surface area contributed by atoms with Crippen LogP contribution in [0.3, 0.4) is 0 Å². The SMILES string of the molecule is C[N+](C)(CCCOP(=O)([O-])OCCO)C(CCOc1cccc2ccccc12)c1ccccc1. The summed E-state index contributed by atoms with van der Waals surface area (Å²) in [5.41, 5.74) is 1.20. The molecule has 0 aliphatic carbocycles. The summed E-state index contributed by atoms with van der Waals surface area (Å²) in [5.74, 6) is 0.873. The van der Waals surface area contributed by atoms with Crippen LogP contribution in [-0.2, 0) is 13.6 Å². The van der Waals surface area contributed by atoms with E-state index in [4.69, 9.17) is 14.4 Å². The molecule has 0 amide bonds. The number of aliphatic hydroxyl groups excluding tert-OH is 1. The van der Waals surface area contributed by atoms with Crippen LogP contribution in [-0.4, -0.2) is 56.7 Å². The average molecular weight is 488 g/mol. The molecule has 0 saturated carbocycles. The molecule has 8 heteroatoms. The number of hydrogen-bond acceptors (Lipinski definition) is 6. The Labute approximate surface area is 201 Å². The first-order chi connectivity index (χ1) is 16.3. The monoisotopic (exact) mass is 487 g/mol. The zero-order valence-corrected chi connectivity index (χ0v) is 20.7. The number of rotatable bonds is 14. The maximum Gasteiger partial charge on any atom is 0.267 e. The van der Waals surface area contributed by atoms with Crippen molar-refractivity contribution < 1.29 is 32.8 Å². The molecule has 7 nitrogen and oxygen atoms in total. The van der Waals surface area contributed by atoms with Crippen LogP contribution in [0.25, 0.3) is 10.8 Å². The summed E-state index contributed by atoms with van der Waals surface area (Å²) in [7, 11) is -0.115. The number of benzene rings is 3. The van der Waals surface area contributed by atoms with E-state index in [-0.39, 0.29) is 25.9 Å². The Bertz CT molecular complexity index is 1070. The summed E-state index contributed by atoms with van der Waals surface area (Å²) in [4.78, 5) is 11.7. The van der Waals surface area contributed by atoms with Crippen molar-refractivity contribution in [3.63, 3.8) is 0 Å². The van der Waals surface area contributed by atoms with Crippen LogP contribution in [0.2, 0.25) is 0 Å². The molecule has 2 unspecified atom stereocenters. The third-order valence-corrected chi connectivity index (χ3v) is 6.89. The summed E-state index contributed by atoms with van der Waals surface area (Å²) in [6.45, 7) is 0.612. The minimum atomic E-state index is -4.38. The van der Waals surface area contributed by atoms with Gasteiger partial charge in [0.05, 0.1) is 47.1 Å². The van der Waals surface area contributed by atoms with E-state index in [1.807, 2.05) is 42.5 Å². The Kier molecular flexibility index (Phi) is 9.65. The Hall–Kier alpha value is -2.25. The van der Waals surface area contributed by atoms with Crippen molar-refractivity contribution in [2.75, 3.05) is 47.1 Å². The molecule has 0 aliphatic heterocycles. The van der Waals surface area contributed by atoms with Crippen molar-refractivity contribution in [1.82, 2.24) is 0 Å². The largest absolute Gasteiger partial charge is 0.756 e. The number of aliphatic hydroxyl groups is 1. The number of ether oxygens (including phenoxy) is 1. The minimum absolute atomic E-state index is 0.0297. The van der Waals surface area contributed by atoms with E-state index in [1.54, 1.807) is 0 Å². The molecule has 0 heterocycles. The lowest BCUT2D eigenvalue weighted by molar-refractivity contribution is -0.921. The van der Waals surface area contributed by atoms with Crippen molar-refractivity contribution in [2.45, 2.75) is 18.9 Å². The molecule has 184 valence electrons. The predicted octanol–water partition coefficient (Wildman–Crippen LogP) is 4.31. The standard InChI is InChI=1S/C26H34NO6P/c1-27(2,17-9-19-32-34(29,30)33-21-18-28)25(23-11-4-3-5-12-23)16-20-31-26-15-8-13-22-10-6-7-14-24(22)26/h3-8,10-15,25,28H,9,16-21H2,1-2H3. The van der Waals surface area contributed by atoms with Gasteiger partial charge in [0, 0.05) is 23.8 Å². The van der Waals surface area contributed by atoms with Gasteiger partial charge < -0.3 is 28.3 Å². The van der Waals surface area contributed by atoms with Gasteiger partial charge in [-0.3, -0.25) is 4.57 Å². The van der Waals surface area contributed by atoms with E-state index >= 15 is 0 Å². The van der Waals surface area contributed by atoms with E-state index < -0.39 is 7.82 Å². The van der Waals surface area contributed by atoms with Crippen molar-refractivity contribution >= 4 is 18.6 Å². The van der Waals surface area contributed by atoms with Gasteiger partial charge >= 0.3 is 0 Å². The molecule has 1 N–H and O–H groups in total. The first kappa shape index (κ1) is 26.4. The van der Waals surface area contributed by atoms with Gasteiger partial charge in [0.15, 0.2) is 0 Å². The van der Waals surface area contributed by atoms with E-state index in [1.165, 1.54) is 5.56 Å². The third kappa shape index (κ3) is 7.64. The summed E-state index contributed by atoms with van der Waals surface area (Å²) in [6, 6.07) is 24.7. The van der Waals surface area contributed by atoms with Crippen molar-refractivity contribution in [3.8, 4) is 5.75 Å². The van der Waals surface area contributed by atoms with Gasteiger partial charge in [-0.15, -0.1) is 0 Å². The van der Waals surface area contributed by atoms with Gasteiger partial charge in [0.1, 0.15) is 11.8 Å². The highest BCUT2D eigenvalue weighted by Gasteiger charge is 2.29. The summed E-state index contributed by atoms with van der Waals surface area (Å²) in [5, 5.41) is 11.0. The van der Waals surface area contributed by atoms with Crippen LogP contribution in [0.5, 0.6) is 5.75 Å². The summed E-state index contributed by atoms with van der Waals surface area (Å²) >= 11 is 0. The molecule has 0 saturated heterocycles. The van der Waals surface area contributed by atoms with Gasteiger partial charge in [-0.25, -0.2) is 0 Å². The van der Waals surface area contributed by atoms with E-state index in [2.05, 4.69) is 49.0 Å². The number of fused-ring (bicyclic) bond motifs is 1. The normalized spacial score (nSPS) is 14.6. The Balaban J connectivity index is 1.63. The number of phosphoric ester groups is 1. The van der Waals surface area contributed by atoms with Gasteiger partial charge in [0.25, 0.3) is 7.82 Å². The second kappa shape index (κ2) is 12.5. The average Bonchev–Trinajstić information content (AvgIpc) is 2.84. The minimum Gasteiger partial charge on any atom is -0.756 e. The zero-order valence-electron chi connectivity index (χ0n) is 19.8. The molecule has 34 heavy (non-hydrogen) atoms. The fourth-order valence-corrected chi connectivity index (χ4v) is 4.92. The number of hydrogen-bond donors (Lipinski definition) is 1. The molecule has 0 aliphatic rings. The molecule has 0 fully saturated rings. The van der Waals surface area contributed by atoms with Gasteiger partial charge in [-0.1, -0.05) is 66.7 Å². The van der Waals surface area contributed by atoms with Crippen LogP contribution in [0.4, 0.5) is 0 Å². The molecule has 2 atom stereocenters. The molecule has 0 spiro atoms. The van der Waals surface area contributed by atoms with Gasteiger partial charge in [-0.2, -0.15) is 0 Å². The highest BCUT2D eigenvalue weighted by atomic mass is 31.2. The Morgan fingerprint density at radius 1 is 0.912 bits per heavy atom. The lowest BCUT2D eigenvalue weighted by atomic mass is 10.0. The lowest BCUT2D eigenvalue weighted by Gasteiger charge is -2.39. The van der Waals surface area contributed by atoms with Crippen LogP contribution in [0.15, 0.2) is 72.8 Å². The zero-order chi connectivity index (χ0) is 24.4. The summed E-state index contributed by atoms with van der Waals surface area (Å²) in [6.07, 6.45) is 1.33. The quantitative estimate of drug-likeness (QED) is 0.207. The Morgan fingerprint density at radius 2 is 1.59 bits per heavy atom. The molecule has 0 bridgehead atoms. The second-order valence-electron chi connectivity index (χ2n) is 8.73. The molecule has 0 aromatic heterocycles. The van der Waals surface area contributed by atoms with Gasteiger partial charge in [-0.05, 0) is 11.5 Å². The van der Waals surface area contributed by atoms with E-state index in [0.29, 0.717) is 24.1 Å². The molecule has 3 rings (SSSR count). The van der Waals surface area contributed by atoms with Crippen molar-refractivity contribution in [1.29, 1.82) is 0 Å². The summed E-state index contributed by atoms with van der Waals surface area (Å²) < 4.78 is 28.0. The third-order valence-electron chi connectivity index (χ3n) is 5.90. The van der Waals surface area contributed by atoms with Crippen LogP contribution >= 0.6 is 7.82 Å². The second-order valence-corrected chi connectivity index (χ2v) is 10.1. The number of nitrogens with zero attached hydrogens (tertiary/aromatic N) is 1. The molecular weight excluding hydrogens is 453 g/mol. The van der Waals surface area contributed by atoms with E-state index in [9.17, 15) is 9.46 Å². The maximum absolute atomic E-state index is 11.7. The van der Waals surface area contributed by atoms with Crippen LogP contribution in [0.1, 0.15) is 24.4 Å². The fourth-order valence-electron chi connectivity index (χ4n) is 4.19. The van der Waals surface area contributed by atoms with Crippen LogP contribution in [0, 0.1) is 0 Å². The predicted molar refractivity (Wildman–Crippen MR) is 131 cm³/mol. The number of phosphoric acid groups is 1. The number of quaternary nitrogens is 1. The first-order valence-corrected chi connectivity index (χ1v) is 13.0. The van der Waals surface area contributed by atoms with Crippen LogP contribution < -0.4 is 9.63 Å². The highest BCUT2D eigenvalue weighted by molar-refractivity contribution is 7.45. The van der Waals surface area contributed by atoms with Gasteiger partial charge in [0.2, 0.25) is 0 Å². The highest BCUT2D eigenvalue weighted by Crippen LogP contribution is 2.38. The fraction of sp³-hybridized carbons (Fsp3) is 0.385. The Morgan fingerprint density at radius 3 is 2.35 bits per heavy atom. The molecule has 3 aromatic carbocycles. The lowest BCUT2D eigenvalue weighted by Crippen LogP contribution is -2.45. The molecule has 0 radical (unpaired) electrons. The smallest absolute Gasteiger partial charge is 0.267 e. The molecular formula is C26H34NO6P. The molecule has 3 aromatic rings. The first-order valence-electron chi connectivity index (χ1n) is 11.5. The van der Waals surface area contributed by atoms with E-state index in [0.717, 1.165) is 22.9 Å².